The Bertz CT molecular complexity index is 559. The Balaban J connectivity index is 2.19. The van der Waals surface area contributed by atoms with E-state index >= 15 is 0 Å². The van der Waals surface area contributed by atoms with Gasteiger partial charge in [-0.1, -0.05) is 17.7 Å². The fraction of sp³-hybridized carbons (Fsp3) is 0.308. The highest BCUT2D eigenvalue weighted by atomic mass is 16.5. The molecule has 0 spiro atoms. The Kier molecular flexibility index (Phi) is 4.67. The molecule has 0 saturated carbocycles. The fourth-order valence-corrected chi connectivity index (χ4v) is 1.52. The van der Waals surface area contributed by atoms with E-state index in [0.29, 0.717) is 18.4 Å². The Morgan fingerprint density at radius 1 is 1.10 bits per heavy atom. The molecule has 1 aromatic carbocycles. The minimum absolute atomic E-state index is 0.00524. The Morgan fingerprint density at radius 3 is 2.45 bits per heavy atom. The van der Waals surface area contributed by atoms with Gasteiger partial charge in [0, 0.05) is 12.2 Å². The molecule has 0 fully saturated rings. The molecule has 0 aliphatic rings. The average molecular weight is 275 g/mol. The van der Waals surface area contributed by atoms with Crippen LogP contribution in [-0.2, 0) is 0 Å². The molecule has 106 valence electrons. The molecular weight excluding hydrogens is 258 g/mol. The summed E-state index contributed by atoms with van der Waals surface area (Å²) in [5, 5.41) is 14.8. The summed E-state index contributed by atoms with van der Waals surface area (Å²) < 4.78 is 5.03. The number of rotatable bonds is 6. The van der Waals surface area contributed by atoms with Crippen molar-refractivity contribution in [3.05, 3.63) is 29.8 Å². The maximum atomic E-state index is 8.80. The molecule has 7 nitrogen and oxygen atoms in total. The van der Waals surface area contributed by atoms with Gasteiger partial charge in [0.15, 0.2) is 0 Å². The number of nitrogens with one attached hydrogen (secondary N) is 2. The van der Waals surface area contributed by atoms with Crippen LogP contribution in [0.15, 0.2) is 24.3 Å². The molecule has 7 heteroatoms. The summed E-state index contributed by atoms with van der Waals surface area (Å²) in [5.74, 6) is 0.724. The Morgan fingerprint density at radius 2 is 1.80 bits per heavy atom. The first-order valence-corrected chi connectivity index (χ1v) is 6.20. The second-order valence-electron chi connectivity index (χ2n) is 4.11. The number of hydrogen-bond acceptors (Lipinski definition) is 7. The number of nitrogens with zero attached hydrogens (tertiary/aromatic N) is 3. The standard InChI is InChI=1S/C13H17N5O2/c1-9-3-5-10(6-4-9)15-12-16-11(14-7-8-19)17-13(18-12)20-2/h3-6,19H,7-8H2,1-2H3,(H2,14,15,16,17,18). The van der Waals surface area contributed by atoms with Gasteiger partial charge in [-0.25, -0.2) is 0 Å². The smallest absolute Gasteiger partial charge is 0.322 e. The van der Waals surface area contributed by atoms with Crippen LogP contribution in [0.3, 0.4) is 0 Å². The van der Waals surface area contributed by atoms with Crippen molar-refractivity contribution in [1.82, 2.24) is 15.0 Å². The zero-order valence-corrected chi connectivity index (χ0v) is 11.4. The van der Waals surface area contributed by atoms with E-state index in [1.54, 1.807) is 0 Å². The predicted octanol–water partition coefficient (Wildman–Crippen LogP) is 1.34. The minimum atomic E-state index is -0.00524. The molecule has 0 atom stereocenters. The maximum Gasteiger partial charge on any atom is 0.322 e. The van der Waals surface area contributed by atoms with Crippen LogP contribution >= 0.6 is 0 Å². The quantitative estimate of drug-likeness (QED) is 0.732. The Labute approximate surface area is 117 Å². The summed E-state index contributed by atoms with van der Waals surface area (Å²) in [6.45, 7) is 2.37. The highest BCUT2D eigenvalue weighted by Gasteiger charge is 2.06. The normalized spacial score (nSPS) is 10.2. The van der Waals surface area contributed by atoms with Gasteiger partial charge >= 0.3 is 6.01 Å². The van der Waals surface area contributed by atoms with Crippen LogP contribution in [0.4, 0.5) is 17.6 Å². The van der Waals surface area contributed by atoms with E-state index in [1.807, 2.05) is 31.2 Å². The van der Waals surface area contributed by atoms with Gasteiger partial charge in [0.1, 0.15) is 0 Å². The molecule has 0 aliphatic carbocycles. The van der Waals surface area contributed by atoms with Crippen molar-refractivity contribution in [2.45, 2.75) is 6.92 Å². The third kappa shape index (κ3) is 3.79. The lowest BCUT2D eigenvalue weighted by Gasteiger charge is -2.09. The highest BCUT2D eigenvalue weighted by molar-refractivity contribution is 5.54. The number of ether oxygens (including phenoxy) is 1. The van der Waals surface area contributed by atoms with Crippen molar-refractivity contribution < 1.29 is 9.84 Å². The number of hydrogen-bond donors (Lipinski definition) is 3. The fourth-order valence-electron chi connectivity index (χ4n) is 1.52. The second-order valence-corrected chi connectivity index (χ2v) is 4.11. The first-order chi connectivity index (χ1) is 9.71. The summed E-state index contributed by atoms with van der Waals surface area (Å²) in [6.07, 6.45) is 0. The zero-order valence-electron chi connectivity index (χ0n) is 11.4. The van der Waals surface area contributed by atoms with Crippen LogP contribution in [0.5, 0.6) is 6.01 Å². The SMILES string of the molecule is COc1nc(NCCO)nc(Nc2ccc(C)cc2)n1. The lowest BCUT2D eigenvalue weighted by Crippen LogP contribution is -2.11. The lowest BCUT2D eigenvalue weighted by atomic mass is 10.2. The third-order valence-corrected chi connectivity index (χ3v) is 2.50. The van der Waals surface area contributed by atoms with Gasteiger partial charge in [0.2, 0.25) is 11.9 Å². The molecule has 3 N–H and O–H groups in total. The molecule has 0 unspecified atom stereocenters. The van der Waals surface area contributed by atoms with E-state index in [4.69, 9.17) is 9.84 Å². The van der Waals surface area contributed by atoms with Crippen molar-refractivity contribution >= 4 is 17.6 Å². The first kappa shape index (κ1) is 14.0. The molecule has 0 amide bonds. The molecule has 0 radical (unpaired) electrons. The molecule has 1 heterocycles. The first-order valence-electron chi connectivity index (χ1n) is 6.20. The maximum absolute atomic E-state index is 8.80. The van der Waals surface area contributed by atoms with Crippen molar-refractivity contribution in [2.75, 3.05) is 30.9 Å². The van der Waals surface area contributed by atoms with E-state index in [9.17, 15) is 0 Å². The summed E-state index contributed by atoms with van der Waals surface area (Å²) in [5.41, 5.74) is 2.05. The molecule has 0 aliphatic heterocycles. The number of aliphatic hydroxyl groups excluding tert-OH is 1. The van der Waals surface area contributed by atoms with Gasteiger partial charge in [-0.15, -0.1) is 0 Å². The number of aromatic nitrogens is 3. The van der Waals surface area contributed by atoms with Crippen molar-refractivity contribution in [2.24, 2.45) is 0 Å². The van der Waals surface area contributed by atoms with Crippen LogP contribution in [0.2, 0.25) is 0 Å². The van der Waals surface area contributed by atoms with Crippen molar-refractivity contribution in [1.29, 1.82) is 0 Å². The van der Waals surface area contributed by atoms with Gasteiger partial charge in [-0.05, 0) is 19.1 Å². The summed E-state index contributed by atoms with van der Waals surface area (Å²) in [6, 6.07) is 8.06. The van der Waals surface area contributed by atoms with Crippen molar-refractivity contribution in [3.63, 3.8) is 0 Å². The molecule has 2 rings (SSSR count). The molecule has 0 bridgehead atoms. The monoisotopic (exact) mass is 275 g/mol. The third-order valence-electron chi connectivity index (χ3n) is 2.50. The van der Waals surface area contributed by atoms with Crippen LogP contribution in [0.25, 0.3) is 0 Å². The minimum Gasteiger partial charge on any atom is -0.467 e. The van der Waals surface area contributed by atoms with Gasteiger partial charge < -0.3 is 20.5 Å². The van der Waals surface area contributed by atoms with E-state index in [0.717, 1.165) is 5.69 Å². The average Bonchev–Trinajstić information content (AvgIpc) is 2.47. The van der Waals surface area contributed by atoms with Gasteiger partial charge in [-0.3, -0.25) is 0 Å². The van der Waals surface area contributed by atoms with Gasteiger partial charge in [0.25, 0.3) is 0 Å². The summed E-state index contributed by atoms with van der Waals surface area (Å²) in [4.78, 5) is 12.4. The van der Waals surface area contributed by atoms with Crippen LogP contribution < -0.4 is 15.4 Å². The molecule has 0 saturated heterocycles. The van der Waals surface area contributed by atoms with Crippen LogP contribution in [0, 0.1) is 6.92 Å². The Hall–Kier alpha value is -2.41. The zero-order chi connectivity index (χ0) is 14.4. The van der Waals surface area contributed by atoms with E-state index in [2.05, 4.69) is 25.6 Å². The van der Waals surface area contributed by atoms with E-state index in [1.165, 1.54) is 12.7 Å². The molecule has 20 heavy (non-hydrogen) atoms. The lowest BCUT2D eigenvalue weighted by molar-refractivity contribution is 0.310. The van der Waals surface area contributed by atoms with Crippen molar-refractivity contribution in [3.8, 4) is 6.01 Å². The van der Waals surface area contributed by atoms with Gasteiger partial charge in [0.05, 0.1) is 13.7 Å². The molecule has 1 aromatic heterocycles. The molecular formula is C13H17N5O2. The summed E-state index contributed by atoms with van der Waals surface area (Å²) in [7, 11) is 1.49. The predicted molar refractivity (Wildman–Crippen MR) is 76.4 cm³/mol. The van der Waals surface area contributed by atoms with Crippen LogP contribution in [0.1, 0.15) is 5.56 Å². The number of methoxy groups -OCH3 is 1. The van der Waals surface area contributed by atoms with E-state index in [-0.39, 0.29) is 12.6 Å². The highest BCUT2D eigenvalue weighted by Crippen LogP contribution is 2.16. The number of benzene rings is 1. The largest absolute Gasteiger partial charge is 0.467 e. The molecule has 2 aromatic rings. The van der Waals surface area contributed by atoms with E-state index < -0.39 is 0 Å². The number of anilines is 3. The van der Waals surface area contributed by atoms with Gasteiger partial charge in [-0.2, -0.15) is 15.0 Å². The second kappa shape index (κ2) is 6.67. The number of aliphatic hydroxyl groups is 1. The van der Waals surface area contributed by atoms with Crippen LogP contribution in [-0.4, -0.2) is 40.3 Å². The topological polar surface area (TPSA) is 92.2 Å². The summed E-state index contributed by atoms with van der Waals surface area (Å²) >= 11 is 0. The number of aryl methyl sites for hydroxylation is 1.